The number of rotatable bonds is 0. The molecule has 0 aromatic carbocycles. The van der Waals surface area contributed by atoms with Crippen LogP contribution in [0.5, 0.6) is 0 Å². The van der Waals surface area contributed by atoms with Gasteiger partial charge in [-0.1, -0.05) is 12.2 Å². The molecule has 0 N–H and O–H groups in total. The summed E-state index contributed by atoms with van der Waals surface area (Å²) < 4.78 is 0. The molecule has 0 spiro atoms. The lowest BCUT2D eigenvalue weighted by atomic mass is 10.5. The maximum atomic E-state index is 4.06. The van der Waals surface area contributed by atoms with Crippen molar-refractivity contribution in [3.05, 3.63) is 28.4 Å². The molecule has 0 saturated carbocycles. The Kier molecular flexibility index (Phi) is 1.50. The summed E-state index contributed by atoms with van der Waals surface area (Å²) in [5.41, 5.74) is 0. The molecule has 0 fully saturated rings. The molecule has 7 heavy (non-hydrogen) atoms. The zero-order valence-electron chi connectivity index (χ0n) is 3.63. The van der Waals surface area contributed by atoms with E-state index in [-0.39, 0.29) is 0 Å². The standard InChI is InChI=1S/C5H5S2/c6-4-1-2-5(7)3-4/h1-3,6-7H. The van der Waals surface area contributed by atoms with Crippen LogP contribution in [0.2, 0.25) is 0 Å². The molecular weight excluding hydrogens is 124 g/mol. The number of thiol groups is 2. The summed E-state index contributed by atoms with van der Waals surface area (Å²) in [6, 6.07) is 0. The molecule has 1 radical (unpaired) electrons. The van der Waals surface area contributed by atoms with Crippen molar-refractivity contribution in [1.82, 2.24) is 0 Å². The fraction of sp³-hybridized carbons (Fsp3) is 0. The molecule has 0 nitrogen and oxygen atoms in total. The Hall–Kier alpha value is 0.180. The van der Waals surface area contributed by atoms with Gasteiger partial charge < -0.3 is 0 Å². The fourth-order valence-electron chi connectivity index (χ4n) is 0.419. The van der Waals surface area contributed by atoms with E-state index in [0.29, 0.717) is 0 Å². The highest BCUT2D eigenvalue weighted by atomic mass is 32.1. The quantitative estimate of drug-likeness (QED) is 0.458. The third kappa shape index (κ3) is 1.28. The van der Waals surface area contributed by atoms with Gasteiger partial charge in [0, 0.05) is 4.91 Å². The van der Waals surface area contributed by atoms with Crippen LogP contribution < -0.4 is 0 Å². The molecule has 0 aromatic rings. The molecule has 1 aliphatic rings. The van der Waals surface area contributed by atoms with Gasteiger partial charge in [0.25, 0.3) is 0 Å². The first-order valence-corrected chi connectivity index (χ1v) is 2.83. The monoisotopic (exact) mass is 129 g/mol. The Labute approximate surface area is 54.1 Å². The van der Waals surface area contributed by atoms with Crippen LogP contribution in [0.1, 0.15) is 0 Å². The summed E-state index contributed by atoms with van der Waals surface area (Å²) in [6.45, 7) is 0. The zero-order valence-corrected chi connectivity index (χ0v) is 5.42. The van der Waals surface area contributed by atoms with E-state index in [1.165, 1.54) is 0 Å². The average Bonchev–Trinajstić information content (AvgIpc) is 1.87. The molecule has 0 atom stereocenters. The molecule has 0 aliphatic heterocycles. The molecule has 0 aromatic heterocycles. The van der Waals surface area contributed by atoms with Gasteiger partial charge in [0.15, 0.2) is 0 Å². The molecule has 1 aliphatic carbocycles. The van der Waals surface area contributed by atoms with Gasteiger partial charge in [-0.25, -0.2) is 0 Å². The Bertz CT molecular complexity index is 124. The Morgan fingerprint density at radius 3 is 2.00 bits per heavy atom. The molecule has 37 valence electrons. The van der Waals surface area contributed by atoms with E-state index in [1.54, 1.807) is 0 Å². The van der Waals surface area contributed by atoms with Crippen molar-refractivity contribution in [2.45, 2.75) is 0 Å². The van der Waals surface area contributed by atoms with Crippen molar-refractivity contribution in [2.24, 2.45) is 0 Å². The van der Waals surface area contributed by atoms with E-state index < -0.39 is 0 Å². The normalized spacial score (nSPS) is 20.6. The van der Waals surface area contributed by atoms with Crippen LogP contribution in [0.4, 0.5) is 0 Å². The predicted molar refractivity (Wildman–Crippen MR) is 38.4 cm³/mol. The van der Waals surface area contributed by atoms with E-state index in [4.69, 9.17) is 0 Å². The highest BCUT2D eigenvalue weighted by Crippen LogP contribution is 2.22. The van der Waals surface area contributed by atoms with Crippen LogP contribution >= 0.6 is 25.3 Å². The van der Waals surface area contributed by atoms with E-state index in [1.807, 2.05) is 18.2 Å². The topological polar surface area (TPSA) is 0 Å². The van der Waals surface area contributed by atoms with Crippen LogP contribution in [-0.4, -0.2) is 0 Å². The first-order valence-electron chi connectivity index (χ1n) is 1.94. The molecule has 0 heterocycles. The van der Waals surface area contributed by atoms with Gasteiger partial charge in [0.1, 0.15) is 0 Å². The SMILES string of the molecule is S[C]1C=CC(S)=C1. The predicted octanol–water partition coefficient (Wildman–Crippen LogP) is 1.83. The summed E-state index contributed by atoms with van der Waals surface area (Å²) in [6.07, 6.45) is 5.71. The van der Waals surface area contributed by atoms with Crippen molar-refractivity contribution in [1.29, 1.82) is 0 Å². The minimum Gasteiger partial charge on any atom is -0.162 e. The lowest BCUT2D eigenvalue weighted by Gasteiger charge is -1.82. The molecule has 1 rings (SSSR count). The zero-order chi connectivity index (χ0) is 5.28. The smallest absolute Gasteiger partial charge is 0.0720 e. The van der Waals surface area contributed by atoms with Crippen LogP contribution in [-0.2, 0) is 0 Å². The number of allylic oxidation sites excluding steroid dienone is 1. The minimum atomic E-state index is 0.977. The largest absolute Gasteiger partial charge is 0.162 e. The second-order valence-corrected chi connectivity index (χ2v) is 2.36. The van der Waals surface area contributed by atoms with Gasteiger partial charge in [-0.3, -0.25) is 0 Å². The Balaban J connectivity index is 2.69. The van der Waals surface area contributed by atoms with Gasteiger partial charge in [-0.15, -0.1) is 12.6 Å². The third-order valence-corrected chi connectivity index (χ3v) is 1.28. The number of hydrogen-bond donors (Lipinski definition) is 2. The summed E-state index contributed by atoms with van der Waals surface area (Å²) in [5, 5.41) is 0.977. The van der Waals surface area contributed by atoms with Crippen LogP contribution in [0, 0.1) is 5.25 Å². The van der Waals surface area contributed by atoms with Gasteiger partial charge in [0.05, 0.1) is 5.25 Å². The van der Waals surface area contributed by atoms with Crippen LogP contribution in [0.15, 0.2) is 23.1 Å². The van der Waals surface area contributed by atoms with E-state index in [9.17, 15) is 0 Å². The maximum Gasteiger partial charge on any atom is 0.0720 e. The fourth-order valence-corrected chi connectivity index (χ4v) is 0.948. The van der Waals surface area contributed by atoms with E-state index >= 15 is 0 Å². The van der Waals surface area contributed by atoms with Crippen LogP contribution in [0.3, 0.4) is 0 Å². The molecule has 0 unspecified atom stereocenters. The van der Waals surface area contributed by atoms with Crippen molar-refractivity contribution in [2.75, 3.05) is 0 Å². The van der Waals surface area contributed by atoms with Crippen molar-refractivity contribution in [3.8, 4) is 0 Å². The molecular formula is C5H5S2. The van der Waals surface area contributed by atoms with E-state index in [0.717, 1.165) is 10.2 Å². The third-order valence-electron chi connectivity index (χ3n) is 0.721. The van der Waals surface area contributed by atoms with E-state index in [2.05, 4.69) is 25.3 Å². The van der Waals surface area contributed by atoms with Crippen molar-refractivity contribution in [3.63, 3.8) is 0 Å². The second kappa shape index (κ2) is 1.97. The first kappa shape index (κ1) is 5.32. The maximum absolute atomic E-state index is 4.06. The number of hydrogen-bond acceptors (Lipinski definition) is 2. The molecule has 2 heteroatoms. The Morgan fingerprint density at radius 1 is 1.14 bits per heavy atom. The summed E-state index contributed by atoms with van der Waals surface area (Å²) in [7, 11) is 0. The van der Waals surface area contributed by atoms with Gasteiger partial charge >= 0.3 is 0 Å². The molecule has 0 amide bonds. The second-order valence-electron chi connectivity index (χ2n) is 1.33. The summed E-state index contributed by atoms with van der Waals surface area (Å²) >= 11 is 8.11. The lowest BCUT2D eigenvalue weighted by Crippen LogP contribution is -1.63. The van der Waals surface area contributed by atoms with Gasteiger partial charge in [-0.05, 0) is 6.08 Å². The molecule has 0 bridgehead atoms. The Morgan fingerprint density at radius 2 is 1.86 bits per heavy atom. The first-order chi connectivity index (χ1) is 3.29. The minimum absolute atomic E-state index is 0.977. The highest BCUT2D eigenvalue weighted by molar-refractivity contribution is 7.85. The lowest BCUT2D eigenvalue weighted by molar-refractivity contribution is 1.78. The van der Waals surface area contributed by atoms with Crippen LogP contribution in [0.25, 0.3) is 0 Å². The summed E-state index contributed by atoms with van der Waals surface area (Å²) in [4.78, 5) is 0.977. The summed E-state index contributed by atoms with van der Waals surface area (Å²) in [5.74, 6) is 0. The average molecular weight is 129 g/mol. The van der Waals surface area contributed by atoms with Gasteiger partial charge in [-0.2, -0.15) is 12.6 Å². The molecule has 0 saturated heterocycles. The van der Waals surface area contributed by atoms with Gasteiger partial charge in [0.2, 0.25) is 0 Å². The van der Waals surface area contributed by atoms with Crippen molar-refractivity contribution >= 4 is 25.3 Å². The highest BCUT2D eigenvalue weighted by Gasteiger charge is 1.99. The van der Waals surface area contributed by atoms with Crippen molar-refractivity contribution < 1.29 is 0 Å².